The summed E-state index contributed by atoms with van der Waals surface area (Å²) in [5.74, 6) is 1.00. The molecule has 1 amide bonds. The van der Waals surface area contributed by atoms with E-state index < -0.39 is 0 Å². The Balaban J connectivity index is 1.48. The van der Waals surface area contributed by atoms with Gasteiger partial charge in [0.25, 0.3) is 0 Å². The molecule has 2 heterocycles. The van der Waals surface area contributed by atoms with Crippen molar-refractivity contribution < 1.29 is 14.7 Å². The zero-order valence-electron chi connectivity index (χ0n) is 15.7. The number of carbonyl (C=O) groups excluding carboxylic acids is 1. The average molecular weight is 346 g/mol. The summed E-state index contributed by atoms with van der Waals surface area (Å²) < 4.78 is 0. The Morgan fingerprint density at radius 3 is 2.48 bits per heavy atom. The molecule has 3 aliphatic carbocycles. The Hall–Kier alpha value is -0.900. The molecule has 3 N–H and O–H groups in total. The summed E-state index contributed by atoms with van der Waals surface area (Å²) in [7, 11) is 0. The molecule has 5 rings (SSSR count). The van der Waals surface area contributed by atoms with Gasteiger partial charge in [-0.2, -0.15) is 0 Å². The van der Waals surface area contributed by atoms with Crippen LogP contribution in [-0.2, 0) is 4.79 Å². The van der Waals surface area contributed by atoms with Gasteiger partial charge in [-0.3, -0.25) is 10.1 Å². The van der Waals surface area contributed by atoms with Gasteiger partial charge in [-0.1, -0.05) is 19.3 Å². The highest BCUT2D eigenvalue weighted by molar-refractivity contribution is 6.09. The summed E-state index contributed by atoms with van der Waals surface area (Å²) >= 11 is 0. The summed E-state index contributed by atoms with van der Waals surface area (Å²) in [4.78, 5) is 19.2. The van der Waals surface area contributed by atoms with E-state index in [0.717, 1.165) is 31.8 Å². The van der Waals surface area contributed by atoms with Gasteiger partial charge in [-0.05, 0) is 51.4 Å². The minimum Gasteiger partial charge on any atom is -0.330 e. The highest BCUT2D eigenvalue weighted by atomic mass is 16.2. The topological polar surface area (TPSA) is 47.5 Å². The minimum atomic E-state index is -0.198. The van der Waals surface area contributed by atoms with E-state index in [1.165, 1.54) is 76.5 Å². The van der Waals surface area contributed by atoms with Crippen molar-refractivity contribution in [3.63, 3.8) is 0 Å². The quantitative estimate of drug-likeness (QED) is 0.630. The van der Waals surface area contributed by atoms with Gasteiger partial charge < -0.3 is 4.90 Å². The first-order valence-corrected chi connectivity index (χ1v) is 11.0. The van der Waals surface area contributed by atoms with Crippen molar-refractivity contribution in [2.75, 3.05) is 13.1 Å². The molecule has 1 saturated heterocycles. The van der Waals surface area contributed by atoms with Crippen molar-refractivity contribution in [3.8, 4) is 0 Å². The molecule has 138 valence electrons. The van der Waals surface area contributed by atoms with Crippen LogP contribution in [0.2, 0.25) is 0 Å². The second-order valence-electron chi connectivity index (χ2n) is 9.68. The third-order valence-electron chi connectivity index (χ3n) is 8.17. The lowest BCUT2D eigenvalue weighted by Gasteiger charge is -2.50. The molecular weight excluding hydrogens is 310 g/mol. The van der Waals surface area contributed by atoms with Crippen molar-refractivity contribution in [1.29, 1.82) is 0 Å². The fraction of sp³-hybridized carbons (Fsp3) is 0.905. The van der Waals surface area contributed by atoms with E-state index in [1.807, 2.05) is 0 Å². The molecule has 0 aromatic carbocycles. The number of carbonyl (C=O) groups is 1. The molecule has 2 aliphatic heterocycles. The lowest BCUT2D eigenvalue weighted by atomic mass is 9.62. The van der Waals surface area contributed by atoms with E-state index in [0.29, 0.717) is 11.8 Å². The maximum atomic E-state index is 13.5. The third kappa shape index (κ3) is 2.58. The van der Waals surface area contributed by atoms with Gasteiger partial charge in [0, 0.05) is 12.8 Å². The third-order valence-corrected chi connectivity index (χ3v) is 8.17. The number of hydrogen-bond donors (Lipinski definition) is 3. The largest absolute Gasteiger partial charge is 0.330 e. The van der Waals surface area contributed by atoms with Crippen molar-refractivity contribution in [2.24, 2.45) is 11.3 Å². The molecule has 4 nitrogen and oxygen atoms in total. The van der Waals surface area contributed by atoms with Crippen molar-refractivity contribution >= 4 is 11.6 Å². The molecule has 3 atom stereocenters. The second-order valence-corrected chi connectivity index (χ2v) is 9.68. The zero-order chi connectivity index (χ0) is 16.9. The van der Waals surface area contributed by atoms with Crippen molar-refractivity contribution in [2.45, 2.75) is 95.2 Å². The number of piperidine rings is 1. The first-order chi connectivity index (χ1) is 12.2. The molecule has 0 aromatic rings. The smallest absolute Gasteiger partial charge is 0.247 e. The van der Waals surface area contributed by atoms with Crippen LogP contribution in [0.25, 0.3) is 0 Å². The predicted molar refractivity (Wildman–Crippen MR) is 97.3 cm³/mol. The molecule has 4 heteroatoms. The van der Waals surface area contributed by atoms with Gasteiger partial charge in [-0.15, -0.1) is 0 Å². The minimum absolute atomic E-state index is 0.105. The van der Waals surface area contributed by atoms with Gasteiger partial charge in [-0.25, -0.2) is 4.99 Å². The molecule has 1 unspecified atom stereocenters. The van der Waals surface area contributed by atoms with Crippen LogP contribution in [0.5, 0.6) is 0 Å². The zero-order valence-corrected chi connectivity index (χ0v) is 15.7. The van der Waals surface area contributed by atoms with Crippen LogP contribution < -0.4 is 15.2 Å². The Kier molecular flexibility index (Phi) is 3.96. The Morgan fingerprint density at radius 1 is 0.920 bits per heavy atom. The Morgan fingerprint density at radius 2 is 1.68 bits per heavy atom. The Labute approximate surface area is 151 Å². The SMILES string of the molecule is O=C1NC2(CCCCC2)[NH+]=C2[C@H]3CCC[C@@]12C[NH+](C1CCCCC1)C3. The van der Waals surface area contributed by atoms with E-state index in [1.54, 1.807) is 4.90 Å². The first kappa shape index (κ1) is 16.3. The summed E-state index contributed by atoms with van der Waals surface area (Å²) in [6.07, 6.45) is 16.6. The lowest BCUT2D eigenvalue weighted by molar-refractivity contribution is -0.937. The van der Waals surface area contributed by atoms with Crippen LogP contribution in [0.4, 0.5) is 0 Å². The van der Waals surface area contributed by atoms with Crippen LogP contribution in [0.3, 0.4) is 0 Å². The van der Waals surface area contributed by atoms with Crippen LogP contribution >= 0.6 is 0 Å². The molecule has 1 spiro atoms. The van der Waals surface area contributed by atoms with Gasteiger partial charge in [0.1, 0.15) is 6.54 Å². The van der Waals surface area contributed by atoms with E-state index in [2.05, 4.69) is 10.3 Å². The van der Waals surface area contributed by atoms with Crippen LogP contribution in [0, 0.1) is 11.3 Å². The van der Waals surface area contributed by atoms with Gasteiger partial charge >= 0.3 is 0 Å². The molecule has 0 radical (unpaired) electrons. The van der Waals surface area contributed by atoms with Gasteiger partial charge in [0.2, 0.25) is 11.6 Å². The monoisotopic (exact) mass is 345 g/mol. The summed E-state index contributed by atoms with van der Waals surface area (Å²) in [5.41, 5.74) is 1.16. The normalized spacial score (nSPS) is 41.0. The Bertz CT molecular complexity index is 574. The summed E-state index contributed by atoms with van der Waals surface area (Å²) in [6, 6.07) is 0.811. The molecule has 25 heavy (non-hydrogen) atoms. The molecule has 2 bridgehead atoms. The fourth-order valence-corrected chi connectivity index (χ4v) is 6.87. The summed E-state index contributed by atoms with van der Waals surface area (Å²) in [6.45, 7) is 2.33. The van der Waals surface area contributed by atoms with Crippen LogP contribution in [0.1, 0.15) is 83.5 Å². The van der Waals surface area contributed by atoms with Crippen LogP contribution in [0.15, 0.2) is 0 Å². The van der Waals surface area contributed by atoms with E-state index >= 15 is 0 Å². The highest BCUT2D eigenvalue weighted by Gasteiger charge is 2.64. The van der Waals surface area contributed by atoms with Gasteiger partial charge in [0.15, 0.2) is 11.1 Å². The van der Waals surface area contributed by atoms with Crippen LogP contribution in [-0.4, -0.2) is 36.4 Å². The standard InChI is InChI=1S/C21H33N3O/c25-19-20-11-7-8-16(14-24(15-20)17-9-3-1-4-10-17)18(20)22-21(23-19)12-5-2-6-13-21/h16-17H,1-15H2,(H,23,25)/p+2/t16-,20-/m0/s1. The van der Waals surface area contributed by atoms with E-state index in [9.17, 15) is 4.79 Å². The maximum Gasteiger partial charge on any atom is 0.247 e. The molecule has 0 aromatic heterocycles. The number of amides is 1. The molecule has 3 saturated carbocycles. The summed E-state index contributed by atoms with van der Waals surface area (Å²) in [5, 5.41) is 3.52. The lowest BCUT2D eigenvalue weighted by Crippen LogP contribution is -3.21. The number of rotatable bonds is 1. The average Bonchev–Trinajstić information content (AvgIpc) is 2.62. The number of hydrogen-bond acceptors (Lipinski definition) is 1. The second kappa shape index (κ2) is 6.07. The number of quaternary nitrogens is 1. The first-order valence-electron chi connectivity index (χ1n) is 11.0. The number of likely N-dealkylation sites (tertiary alicyclic amines) is 1. The highest BCUT2D eigenvalue weighted by Crippen LogP contribution is 2.39. The van der Waals surface area contributed by atoms with Crippen molar-refractivity contribution in [3.05, 3.63) is 0 Å². The predicted octanol–water partition coefficient (Wildman–Crippen LogP) is 0.316. The molecule has 5 aliphatic rings. The maximum absolute atomic E-state index is 13.5. The van der Waals surface area contributed by atoms with Gasteiger partial charge in [0.05, 0.1) is 18.5 Å². The molecular formula is C21H35N3O+2. The van der Waals surface area contributed by atoms with Crippen molar-refractivity contribution in [1.82, 2.24) is 5.32 Å². The number of nitrogens with one attached hydrogen (secondary N) is 3. The fourth-order valence-electron chi connectivity index (χ4n) is 6.87. The van der Waals surface area contributed by atoms with E-state index in [4.69, 9.17) is 0 Å². The molecule has 4 fully saturated rings. The van der Waals surface area contributed by atoms with E-state index in [-0.39, 0.29) is 11.1 Å².